The molecule has 106 valence electrons. The molecule has 3 aromatic rings. The lowest BCUT2D eigenvalue weighted by atomic mass is 10.1. The van der Waals surface area contributed by atoms with Gasteiger partial charge < -0.3 is 16.2 Å². The highest BCUT2D eigenvalue weighted by atomic mass is 16.3. The van der Waals surface area contributed by atoms with Gasteiger partial charge in [-0.05, 0) is 23.8 Å². The SMILES string of the molecule is Nc1ccc(NC(CO)c2ccccc2)c2ccncc12. The van der Waals surface area contributed by atoms with Gasteiger partial charge in [0, 0.05) is 34.5 Å². The number of anilines is 2. The first-order valence-corrected chi connectivity index (χ1v) is 6.84. The first-order chi connectivity index (χ1) is 10.3. The Morgan fingerprint density at radius 2 is 1.86 bits per heavy atom. The van der Waals surface area contributed by atoms with Gasteiger partial charge in [0.05, 0.1) is 12.6 Å². The van der Waals surface area contributed by atoms with E-state index < -0.39 is 0 Å². The summed E-state index contributed by atoms with van der Waals surface area (Å²) < 4.78 is 0. The van der Waals surface area contributed by atoms with Crippen LogP contribution in [-0.2, 0) is 0 Å². The van der Waals surface area contributed by atoms with E-state index in [1.165, 1.54) is 0 Å². The predicted octanol–water partition coefficient (Wildman–Crippen LogP) is 2.96. The fraction of sp³-hybridized carbons (Fsp3) is 0.118. The monoisotopic (exact) mass is 279 g/mol. The van der Waals surface area contributed by atoms with E-state index in [4.69, 9.17) is 5.73 Å². The molecule has 0 aliphatic heterocycles. The molecule has 2 aromatic carbocycles. The molecule has 1 aromatic heterocycles. The second-order valence-electron chi connectivity index (χ2n) is 4.91. The van der Waals surface area contributed by atoms with E-state index in [0.717, 1.165) is 22.0 Å². The van der Waals surface area contributed by atoms with E-state index in [1.54, 1.807) is 12.4 Å². The van der Waals surface area contributed by atoms with Gasteiger partial charge in [0.25, 0.3) is 0 Å². The molecule has 0 fully saturated rings. The van der Waals surface area contributed by atoms with E-state index in [-0.39, 0.29) is 12.6 Å². The number of rotatable bonds is 4. The van der Waals surface area contributed by atoms with Crippen molar-refractivity contribution < 1.29 is 5.11 Å². The highest BCUT2D eigenvalue weighted by molar-refractivity contribution is 6.00. The van der Waals surface area contributed by atoms with Crippen molar-refractivity contribution in [2.45, 2.75) is 6.04 Å². The number of pyridine rings is 1. The summed E-state index contributed by atoms with van der Waals surface area (Å²) in [5, 5.41) is 15.0. The average molecular weight is 279 g/mol. The van der Waals surface area contributed by atoms with Crippen LogP contribution in [0.3, 0.4) is 0 Å². The Balaban J connectivity index is 1.99. The number of nitrogens with zero attached hydrogens (tertiary/aromatic N) is 1. The lowest BCUT2D eigenvalue weighted by Gasteiger charge is -2.19. The Bertz CT molecular complexity index is 743. The third kappa shape index (κ3) is 2.66. The van der Waals surface area contributed by atoms with E-state index in [2.05, 4.69) is 10.3 Å². The molecule has 1 unspecified atom stereocenters. The number of nitrogens with two attached hydrogens (primary N) is 1. The van der Waals surface area contributed by atoms with Crippen molar-refractivity contribution in [3.8, 4) is 0 Å². The Labute approximate surface area is 123 Å². The minimum Gasteiger partial charge on any atom is -0.398 e. The van der Waals surface area contributed by atoms with Crippen molar-refractivity contribution in [1.82, 2.24) is 4.98 Å². The van der Waals surface area contributed by atoms with Gasteiger partial charge in [0.2, 0.25) is 0 Å². The van der Waals surface area contributed by atoms with Gasteiger partial charge in [-0.3, -0.25) is 4.98 Å². The van der Waals surface area contributed by atoms with E-state index >= 15 is 0 Å². The van der Waals surface area contributed by atoms with Crippen LogP contribution in [0.1, 0.15) is 11.6 Å². The number of fused-ring (bicyclic) bond motifs is 1. The maximum Gasteiger partial charge on any atom is 0.0745 e. The Kier molecular flexibility index (Phi) is 3.71. The number of nitrogen functional groups attached to an aromatic ring is 1. The first kappa shape index (κ1) is 13.4. The van der Waals surface area contributed by atoms with Gasteiger partial charge in [-0.15, -0.1) is 0 Å². The number of hydrogen-bond donors (Lipinski definition) is 3. The topological polar surface area (TPSA) is 71.2 Å². The molecule has 0 saturated carbocycles. The molecule has 1 heterocycles. The number of hydrogen-bond acceptors (Lipinski definition) is 4. The molecule has 21 heavy (non-hydrogen) atoms. The molecule has 0 aliphatic rings. The summed E-state index contributed by atoms with van der Waals surface area (Å²) in [5.41, 5.74) is 8.66. The normalized spacial score (nSPS) is 12.2. The summed E-state index contributed by atoms with van der Waals surface area (Å²) in [7, 11) is 0. The molecular formula is C17H17N3O. The average Bonchev–Trinajstić information content (AvgIpc) is 2.55. The van der Waals surface area contributed by atoms with Crippen LogP contribution in [0, 0.1) is 0 Å². The van der Waals surface area contributed by atoms with Crippen molar-refractivity contribution in [3.05, 3.63) is 66.5 Å². The second kappa shape index (κ2) is 5.81. The molecule has 0 amide bonds. The maximum atomic E-state index is 9.67. The van der Waals surface area contributed by atoms with Crippen molar-refractivity contribution in [2.24, 2.45) is 0 Å². The summed E-state index contributed by atoms with van der Waals surface area (Å²) in [6.07, 6.45) is 3.50. The van der Waals surface area contributed by atoms with Crippen LogP contribution in [0.2, 0.25) is 0 Å². The van der Waals surface area contributed by atoms with Crippen LogP contribution in [0.5, 0.6) is 0 Å². The highest BCUT2D eigenvalue weighted by Crippen LogP contribution is 2.30. The standard InChI is InChI=1S/C17H17N3O/c18-15-6-7-16(13-8-9-19-10-14(13)15)20-17(11-21)12-4-2-1-3-5-12/h1-10,17,20-21H,11,18H2. The highest BCUT2D eigenvalue weighted by Gasteiger charge is 2.12. The number of benzene rings is 2. The van der Waals surface area contributed by atoms with Crippen molar-refractivity contribution in [2.75, 3.05) is 17.7 Å². The van der Waals surface area contributed by atoms with Crippen molar-refractivity contribution in [3.63, 3.8) is 0 Å². The molecule has 0 spiro atoms. The minimum atomic E-state index is -0.161. The minimum absolute atomic E-state index is 0.0148. The molecule has 4 N–H and O–H groups in total. The first-order valence-electron chi connectivity index (χ1n) is 6.84. The molecule has 4 nitrogen and oxygen atoms in total. The molecule has 1 atom stereocenters. The van der Waals surface area contributed by atoms with Crippen LogP contribution in [-0.4, -0.2) is 16.7 Å². The quantitative estimate of drug-likeness (QED) is 0.642. The Hall–Kier alpha value is -2.59. The maximum absolute atomic E-state index is 9.67. The zero-order valence-corrected chi connectivity index (χ0v) is 11.5. The third-order valence-electron chi connectivity index (χ3n) is 3.57. The molecule has 0 aliphatic carbocycles. The number of aliphatic hydroxyl groups excluding tert-OH is 1. The van der Waals surface area contributed by atoms with Gasteiger partial charge in [-0.1, -0.05) is 30.3 Å². The molecule has 4 heteroatoms. The van der Waals surface area contributed by atoms with Crippen LogP contribution < -0.4 is 11.1 Å². The number of aliphatic hydroxyl groups is 1. The van der Waals surface area contributed by atoms with Gasteiger partial charge in [-0.25, -0.2) is 0 Å². The van der Waals surface area contributed by atoms with Crippen LogP contribution in [0.15, 0.2) is 60.9 Å². The van der Waals surface area contributed by atoms with E-state index in [0.29, 0.717) is 5.69 Å². The van der Waals surface area contributed by atoms with Crippen LogP contribution in [0.4, 0.5) is 11.4 Å². The number of nitrogens with one attached hydrogen (secondary N) is 1. The summed E-state index contributed by atoms with van der Waals surface area (Å²) in [6.45, 7) is 0.0148. The molecule has 0 radical (unpaired) electrons. The van der Waals surface area contributed by atoms with E-state index in [9.17, 15) is 5.11 Å². The fourth-order valence-corrected chi connectivity index (χ4v) is 2.45. The smallest absolute Gasteiger partial charge is 0.0745 e. The van der Waals surface area contributed by atoms with Crippen molar-refractivity contribution in [1.29, 1.82) is 0 Å². The zero-order chi connectivity index (χ0) is 14.7. The molecule has 0 saturated heterocycles. The zero-order valence-electron chi connectivity index (χ0n) is 11.5. The predicted molar refractivity (Wildman–Crippen MR) is 86.0 cm³/mol. The summed E-state index contributed by atoms with van der Waals surface area (Å²) in [4.78, 5) is 4.12. The largest absolute Gasteiger partial charge is 0.398 e. The lowest BCUT2D eigenvalue weighted by molar-refractivity contribution is 0.276. The van der Waals surface area contributed by atoms with Crippen molar-refractivity contribution >= 4 is 22.1 Å². The van der Waals surface area contributed by atoms with Gasteiger partial charge >= 0.3 is 0 Å². The lowest BCUT2D eigenvalue weighted by Crippen LogP contribution is -2.15. The number of aromatic nitrogens is 1. The third-order valence-corrected chi connectivity index (χ3v) is 3.57. The molecular weight excluding hydrogens is 262 g/mol. The second-order valence-corrected chi connectivity index (χ2v) is 4.91. The van der Waals surface area contributed by atoms with Crippen LogP contribution >= 0.6 is 0 Å². The van der Waals surface area contributed by atoms with Gasteiger partial charge in [0.15, 0.2) is 0 Å². The Morgan fingerprint density at radius 1 is 1.05 bits per heavy atom. The van der Waals surface area contributed by atoms with E-state index in [1.807, 2.05) is 48.5 Å². The summed E-state index contributed by atoms with van der Waals surface area (Å²) in [6, 6.07) is 15.4. The summed E-state index contributed by atoms with van der Waals surface area (Å²) >= 11 is 0. The Morgan fingerprint density at radius 3 is 2.62 bits per heavy atom. The van der Waals surface area contributed by atoms with Crippen LogP contribution in [0.25, 0.3) is 10.8 Å². The van der Waals surface area contributed by atoms with Gasteiger partial charge in [-0.2, -0.15) is 0 Å². The molecule has 0 bridgehead atoms. The fourth-order valence-electron chi connectivity index (χ4n) is 2.45. The van der Waals surface area contributed by atoms with Gasteiger partial charge in [0.1, 0.15) is 0 Å². The molecule has 3 rings (SSSR count). The summed E-state index contributed by atoms with van der Waals surface area (Å²) in [5.74, 6) is 0.